The Morgan fingerprint density at radius 1 is 1.31 bits per heavy atom. The summed E-state index contributed by atoms with van der Waals surface area (Å²) in [5, 5.41) is 6.55. The van der Waals surface area contributed by atoms with Gasteiger partial charge in [0.15, 0.2) is 0 Å². The van der Waals surface area contributed by atoms with E-state index in [0.29, 0.717) is 13.0 Å². The lowest BCUT2D eigenvalue weighted by Gasteiger charge is -2.03. The highest BCUT2D eigenvalue weighted by Gasteiger charge is 2.01. The van der Waals surface area contributed by atoms with Crippen LogP contribution in [0.2, 0.25) is 0 Å². The van der Waals surface area contributed by atoms with E-state index < -0.39 is 0 Å². The highest BCUT2D eigenvalue weighted by Crippen LogP contribution is 2.13. The lowest BCUT2D eigenvalue weighted by molar-refractivity contribution is 0.340. The standard InChI is InChI=1S/C11H14N4O/c1-2-16-9-5-3-8(4-6-9)7-10-13-11(12)15-14-10/h3-6H,2,7H2,1H3,(H3,12,13,14,15). The van der Waals surface area contributed by atoms with Crippen LogP contribution in [-0.2, 0) is 6.42 Å². The SMILES string of the molecule is CCOc1ccc(Cc2nc(N)n[nH]2)cc1. The van der Waals surface area contributed by atoms with Gasteiger partial charge in [0.2, 0.25) is 5.95 Å². The van der Waals surface area contributed by atoms with Crippen LogP contribution in [0.3, 0.4) is 0 Å². The Morgan fingerprint density at radius 2 is 2.06 bits per heavy atom. The topological polar surface area (TPSA) is 76.8 Å². The van der Waals surface area contributed by atoms with Gasteiger partial charge in [-0.1, -0.05) is 12.1 Å². The summed E-state index contributed by atoms with van der Waals surface area (Å²) in [6, 6.07) is 7.89. The molecular weight excluding hydrogens is 204 g/mol. The maximum absolute atomic E-state index is 5.42. The number of nitrogens with one attached hydrogen (secondary N) is 1. The molecule has 0 amide bonds. The number of nitrogens with zero attached hydrogens (tertiary/aromatic N) is 2. The van der Waals surface area contributed by atoms with Gasteiger partial charge >= 0.3 is 0 Å². The van der Waals surface area contributed by atoms with Gasteiger partial charge in [-0.05, 0) is 24.6 Å². The Bertz CT molecular complexity index is 449. The number of H-pyrrole nitrogens is 1. The molecule has 1 aromatic carbocycles. The molecule has 0 radical (unpaired) electrons. The smallest absolute Gasteiger partial charge is 0.239 e. The molecule has 2 aromatic rings. The van der Waals surface area contributed by atoms with Crippen LogP contribution in [0.1, 0.15) is 18.3 Å². The molecule has 1 heterocycles. The minimum absolute atomic E-state index is 0.279. The molecule has 0 fully saturated rings. The largest absolute Gasteiger partial charge is 0.494 e. The van der Waals surface area contributed by atoms with Crippen molar-refractivity contribution in [3.63, 3.8) is 0 Å². The number of aromatic nitrogens is 3. The molecule has 0 aliphatic heterocycles. The maximum Gasteiger partial charge on any atom is 0.239 e. The Kier molecular flexibility index (Phi) is 3.05. The van der Waals surface area contributed by atoms with Gasteiger partial charge in [-0.25, -0.2) is 0 Å². The fourth-order valence-corrected chi connectivity index (χ4v) is 1.45. The number of anilines is 1. The quantitative estimate of drug-likeness (QED) is 0.812. The van der Waals surface area contributed by atoms with Gasteiger partial charge in [0, 0.05) is 6.42 Å². The predicted molar refractivity (Wildman–Crippen MR) is 61.2 cm³/mol. The Balaban J connectivity index is 2.05. The monoisotopic (exact) mass is 218 g/mol. The van der Waals surface area contributed by atoms with Crippen LogP contribution >= 0.6 is 0 Å². The van der Waals surface area contributed by atoms with Gasteiger partial charge < -0.3 is 10.5 Å². The summed E-state index contributed by atoms with van der Waals surface area (Å²) in [6.45, 7) is 2.64. The van der Waals surface area contributed by atoms with E-state index in [9.17, 15) is 0 Å². The molecule has 5 heteroatoms. The number of nitrogen functional groups attached to an aromatic ring is 1. The lowest BCUT2D eigenvalue weighted by Crippen LogP contribution is -1.94. The summed E-state index contributed by atoms with van der Waals surface area (Å²) in [5.74, 6) is 1.92. The molecular formula is C11H14N4O. The predicted octanol–water partition coefficient (Wildman–Crippen LogP) is 1.38. The van der Waals surface area contributed by atoms with Crippen molar-refractivity contribution in [1.29, 1.82) is 0 Å². The Morgan fingerprint density at radius 3 is 2.62 bits per heavy atom. The number of rotatable bonds is 4. The first kappa shape index (κ1) is 10.5. The van der Waals surface area contributed by atoms with Crippen molar-refractivity contribution in [2.45, 2.75) is 13.3 Å². The van der Waals surface area contributed by atoms with Gasteiger partial charge in [0.05, 0.1) is 6.61 Å². The van der Waals surface area contributed by atoms with Gasteiger partial charge in [-0.15, -0.1) is 5.10 Å². The van der Waals surface area contributed by atoms with Crippen LogP contribution in [0, 0.1) is 0 Å². The van der Waals surface area contributed by atoms with E-state index in [0.717, 1.165) is 17.1 Å². The van der Waals surface area contributed by atoms with Crippen LogP contribution in [-0.4, -0.2) is 21.8 Å². The van der Waals surface area contributed by atoms with Crippen molar-refractivity contribution in [2.75, 3.05) is 12.3 Å². The van der Waals surface area contributed by atoms with Crippen LogP contribution in [0.15, 0.2) is 24.3 Å². The molecule has 0 unspecified atom stereocenters. The first-order valence-electron chi connectivity index (χ1n) is 5.16. The minimum atomic E-state index is 0.279. The van der Waals surface area contributed by atoms with E-state index >= 15 is 0 Å². The molecule has 0 bridgehead atoms. The molecule has 3 N–H and O–H groups in total. The highest BCUT2D eigenvalue weighted by molar-refractivity contribution is 5.29. The number of ether oxygens (including phenoxy) is 1. The molecule has 1 aromatic heterocycles. The number of hydrogen-bond acceptors (Lipinski definition) is 4. The number of benzene rings is 1. The second-order valence-electron chi connectivity index (χ2n) is 3.39. The average Bonchev–Trinajstić information content (AvgIpc) is 2.67. The Labute approximate surface area is 93.7 Å². The van der Waals surface area contributed by atoms with Crippen molar-refractivity contribution < 1.29 is 4.74 Å². The number of nitrogens with two attached hydrogens (primary N) is 1. The number of aromatic amines is 1. The average molecular weight is 218 g/mol. The molecule has 0 saturated carbocycles. The number of hydrogen-bond donors (Lipinski definition) is 2. The summed E-state index contributed by atoms with van der Waals surface area (Å²) < 4.78 is 5.36. The van der Waals surface area contributed by atoms with Gasteiger partial charge in [0.1, 0.15) is 11.6 Å². The lowest BCUT2D eigenvalue weighted by atomic mass is 10.1. The van der Waals surface area contributed by atoms with E-state index in [1.54, 1.807) is 0 Å². The van der Waals surface area contributed by atoms with Crippen LogP contribution in [0.5, 0.6) is 5.75 Å². The van der Waals surface area contributed by atoms with Crippen LogP contribution in [0.25, 0.3) is 0 Å². The van der Waals surface area contributed by atoms with Crippen molar-refractivity contribution in [1.82, 2.24) is 15.2 Å². The van der Waals surface area contributed by atoms with E-state index in [4.69, 9.17) is 10.5 Å². The Hall–Kier alpha value is -2.04. The zero-order valence-corrected chi connectivity index (χ0v) is 9.10. The van der Waals surface area contributed by atoms with Crippen LogP contribution in [0.4, 0.5) is 5.95 Å². The second-order valence-corrected chi connectivity index (χ2v) is 3.39. The molecule has 0 atom stereocenters. The fraction of sp³-hybridized carbons (Fsp3) is 0.273. The molecule has 0 aliphatic rings. The molecule has 0 saturated heterocycles. The molecule has 0 spiro atoms. The zero-order valence-electron chi connectivity index (χ0n) is 9.10. The first-order chi connectivity index (χ1) is 7.78. The van der Waals surface area contributed by atoms with Crippen molar-refractivity contribution >= 4 is 5.95 Å². The van der Waals surface area contributed by atoms with E-state index in [1.807, 2.05) is 31.2 Å². The summed E-state index contributed by atoms with van der Waals surface area (Å²) in [7, 11) is 0. The third-order valence-electron chi connectivity index (χ3n) is 2.15. The normalized spacial score (nSPS) is 10.3. The molecule has 5 nitrogen and oxygen atoms in total. The third-order valence-corrected chi connectivity index (χ3v) is 2.15. The van der Waals surface area contributed by atoms with Gasteiger partial charge in [0.25, 0.3) is 0 Å². The summed E-state index contributed by atoms with van der Waals surface area (Å²) in [4.78, 5) is 4.04. The third kappa shape index (κ3) is 2.50. The van der Waals surface area contributed by atoms with Crippen molar-refractivity contribution in [2.24, 2.45) is 0 Å². The van der Waals surface area contributed by atoms with Gasteiger partial charge in [-0.2, -0.15) is 4.98 Å². The maximum atomic E-state index is 5.42. The summed E-state index contributed by atoms with van der Waals surface area (Å²) in [5.41, 5.74) is 6.56. The van der Waals surface area contributed by atoms with E-state index in [2.05, 4.69) is 15.2 Å². The zero-order chi connectivity index (χ0) is 11.4. The van der Waals surface area contributed by atoms with Crippen LogP contribution < -0.4 is 10.5 Å². The molecule has 16 heavy (non-hydrogen) atoms. The van der Waals surface area contributed by atoms with Crippen molar-refractivity contribution in [3.05, 3.63) is 35.7 Å². The summed E-state index contributed by atoms with van der Waals surface area (Å²) >= 11 is 0. The minimum Gasteiger partial charge on any atom is -0.494 e. The van der Waals surface area contributed by atoms with Crippen molar-refractivity contribution in [3.8, 4) is 5.75 Å². The second kappa shape index (κ2) is 4.65. The fourth-order valence-electron chi connectivity index (χ4n) is 1.45. The molecule has 0 aliphatic carbocycles. The van der Waals surface area contributed by atoms with Gasteiger partial charge in [-0.3, -0.25) is 5.10 Å². The van der Waals surface area contributed by atoms with E-state index in [1.165, 1.54) is 0 Å². The molecule has 2 rings (SSSR count). The highest BCUT2D eigenvalue weighted by atomic mass is 16.5. The molecule has 84 valence electrons. The summed E-state index contributed by atoms with van der Waals surface area (Å²) in [6.07, 6.45) is 0.691. The first-order valence-corrected chi connectivity index (χ1v) is 5.16. The van der Waals surface area contributed by atoms with E-state index in [-0.39, 0.29) is 5.95 Å².